The van der Waals surface area contributed by atoms with E-state index in [0.717, 1.165) is 11.1 Å². The largest absolute Gasteiger partial charge is 0.259 e. The van der Waals surface area contributed by atoms with Gasteiger partial charge in [-0.1, -0.05) is 84.0 Å². The summed E-state index contributed by atoms with van der Waals surface area (Å²) in [5.41, 5.74) is 1.55. The van der Waals surface area contributed by atoms with Gasteiger partial charge in [-0.25, -0.2) is 0 Å². The van der Waals surface area contributed by atoms with Crippen LogP contribution in [0.4, 0.5) is 0 Å². The van der Waals surface area contributed by atoms with Crippen LogP contribution in [-0.2, 0) is 0 Å². The van der Waals surface area contributed by atoms with Crippen LogP contribution in [-0.4, -0.2) is 4.92 Å². The predicted octanol–water partition coefficient (Wildman–Crippen LogP) is 5.71. The van der Waals surface area contributed by atoms with E-state index in [0.29, 0.717) is 12.1 Å². The molecule has 0 saturated carbocycles. The first-order valence-corrected chi connectivity index (χ1v) is 8.12. The molecular formula is C20H27NO2. The third-order valence-electron chi connectivity index (χ3n) is 5.27. The Kier molecular flexibility index (Phi) is 4.27. The molecular weight excluding hydrogens is 286 g/mol. The van der Waals surface area contributed by atoms with E-state index in [1.165, 1.54) is 0 Å². The lowest BCUT2D eigenvalue weighted by molar-refractivity contribution is -0.430. The molecule has 0 N–H and O–H groups in total. The Morgan fingerprint density at radius 1 is 1.00 bits per heavy atom. The number of nitro groups is 1. The van der Waals surface area contributed by atoms with Crippen LogP contribution in [0.25, 0.3) is 5.57 Å². The maximum absolute atomic E-state index is 11.8. The van der Waals surface area contributed by atoms with E-state index in [1.54, 1.807) is 0 Å². The summed E-state index contributed by atoms with van der Waals surface area (Å²) in [5, 5.41) is 11.8. The van der Waals surface area contributed by atoms with Gasteiger partial charge in [0.2, 0.25) is 0 Å². The Balaban J connectivity index is 2.63. The number of nitrogens with zero attached hydrogens (tertiary/aromatic N) is 1. The molecule has 3 heteroatoms. The van der Waals surface area contributed by atoms with Crippen LogP contribution in [0.1, 0.15) is 53.5 Å². The fourth-order valence-corrected chi connectivity index (χ4v) is 3.94. The molecule has 1 aromatic rings. The van der Waals surface area contributed by atoms with Crippen LogP contribution in [0.15, 0.2) is 48.2 Å². The zero-order chi connectivity index (χ0) is 17.5. The van der Waals surface area contributed by atoms with Gasteiger partial charge in [-0.15, -0.1) is 0 Å². The van der Waals surface area contributed by atoms with Gasteiger partial charge in [-0.2, -0.15) is 0 Å². The van der Waals surface area contributed by atoms with Crippen molar-refractivity contribution in [3.63, 3.8) is 0 Å². The van der Waals surface area contributed by atoms with Crippen molar-refractivity contribution >= 4 is 5.57 Å². The third-order valence-corrected chi connectivity index (χ3v) is 5.27. The quantitative estimate of drug-likeness (QED) is 0.518. The Hall–Kier alpha value is -1.90. The van der Waals surface area contributed by atoms with Gasteiger partial charge < -0.3 is 0 Å². The molecule has 0 atom stereocenters. The van der Waals surface area contributed by atoms with Crippen LogP contribution in [0, 0.1) is 26.4 Å². The van der Waals surface area contributed by atoms with Gasteiger partial charge in [0.15, 0.2) is 0 Å². The van der Waals surface area contributed by atoms with E-state index in [-0.39, 0.29) is 21.2 Å². The van der Waals surface area contributed by atoms with Crippen molar-refractivity contribution in [2.45, 2.75) is 48.0 Å². The lowest BCUT2D eigenvalue weighted by Gasteiger charge is -2.52. The highest BCUT2D eigenvalue weighted by molar-refractivity contribution is 5.77. The molecule has 0 fully saturated rings. The van der Waals surface area contributed by atoms with E-state index >= 15 is 0 Å². The highest BCUT2D eigenvalue weighted by Gasteiger charge is 2.52. The van der Waals surface area contributed by atoms with Crippen molar-refractivity contribution in [3.8, 4) is 0 Å². The number of hydrogen-bond donors (Lipinski definition) is 0. The van der Waals surface area contributed by atoms with E-state index in [2.05, 4.69) is 47.6 Å². The third kappa shape index (κ3) is 2.97. The van der Waals surface area contributed by atoms with E-state index in [1.807, 2.05) is 36.4 Å². The zero-order valence-electron chi connectivity index (χ0n) is 15.0. The molecule has 0 spiro atoms. The molecule has 0 aliphatic heterocycles. The minimum Gasteiger partial charge on any atom is -0.259 e. The molecule has 0 radical (unpaired) electrons. The zero-order valence-corrected chi connectivity index (χ0v) is 15.0. The molecule has 0 unspecified atom stereocenters. The summed E-state index contributed by atoms with van der Waals surface area (Å²) < 4.78 is 0. The fourth-order valence-electron chi connectivity index (χ4n) is 3.94. The molecule has 3 nitrogen and oxygen atoms in total. The van der Waals surface area contributed by atoms with Gasteiger partial charge in [-0.3, -0.25) is 10.1 Å². The predicted molar refractivity (Wildman–Crippen MR) is 95.5 cm³/mol. The van der Waals surface area contributed by atoms with Crippen LogP contribution in [0.3, 0.4) is 0 Å². The van der Waals surface area contributed by atoms with Crippen LogP contribution in [0.2, 0.25) is 0 Å². The summed E-state index contributed by atoms with van der Waals surface area (Å²) in [5.74, 6) is 0. The van der Waals surface area contributed by atoms with Crippen LogP contribution >= 0.6 is 0 Å². The molecule has 2 rings (SSSR count). The second-order valence-electron chi connectivity index (χ2n) is 8.46. The van der Waals surface area contributed by atoms with Crippen molar-refractivity contribution in [2.75, 3.05) is 0 Å². The molecule has 0 saturated heterocycles. The standard InChI is InChI=1S/C20H27NO2/c1-18(2,3)20(19(4,5)6)13-12-16(17(14-20)21(22)23)15-10-8-7-9-11-15/h7-13H,14H2,1-6H3. The summed E-state index contributed by atoms with van der Waals surface area (Å²) in [7, 11) is 0. The van der Waals surface area contributed by atoms with Crippen molar-refractivity contribution in [2.24, 2.45) is 16.2 Å². The van der Waals surface area contributed by atoms with Crippen molar-refractivity contribution in [3.05, 3.63) is 63.9 Å². The topological polar surface area (TPSA) is 43.1 Å². The summed E-state index contributed by atoms with van der Waals surface area (Å²) >= 11 is 0. The van der Waals surface area contributed by atoms with Gasteiger partial charge in [0, 0.05) is 11.8 Å². The summed E-state index contributed by atoms with van der Waals surface area (Å²) in [4.78, 5) is 11.6. The summed E-state index contributed by atoms with van der Waals surface area (Å²) in [6.07, 6.45) is 4.63. The van der Waals surface area contributed by atoms with Crippen molar-refractivity contribution in [1.82, 2.24) is 0 Å². The molecule has 1 aromatic carbocycles. The van der Waals surface area contributed by atoms with Crippen LogP contribution < -0.4 is 0 Å². The van der Waals surface area contributed by atoms with Gasteiger partial charge in [-0.05, 0) is 16.4 Å². The van der Waals surface area contributed by atoms with Crippen molar-refractivity contribution in [1.29, 1.82) is 0 Å². The SMILES string of the molecule is CC(C)(C)C1(C(C)(C)C)C=CC(c2ccccc2)=C([N+](=O)[O-])C1. The minimum atomic E-state index is -0.263. The maximum atomic E-state index is 11.8. The Bertz CT molecular complexity index is 641. The molecule has 0 aromatic heterocycles. The maximum Gasteiger partial charge on any atom is 0.254 e. The first-order valence-electron chi connectivity index (χ1n) is 8.12. The monoisotopic (exact) mass is 313 g/mol. The van der Waals surface area contributed by atoms with E-state index in [4.69, 9.17) is 0 Å². The number of benzene rings is 1. The Morgan fingerprint density at radius 2 is 1.52 bits per heavy atom. The molecule has 1 aliphatic rings. The van der Waals surface area contributed by atoms with Crippen molar-refractivity contribution < 1.29 is 4.92 Å². The van der Waals surface area contributed by atoms with Gasteiger partial charge in [0.25, 0.3) is 5.70 Å². The smallest absolute Gasteiger partial charge is 0.254 e. The lowest BCUT2D eigenvalue weighted by Crippen LogP contribution is -2.46. The molecule has 0 amide bonds. The number of hydrogen-bond acceptors (Lipinski definition) is 2. The second-order valence-corrected chi connectivity index (χ2v) is 8.46. The number of rotatable bonds is 2. The minimum absolute atomic E-state index is 0.0781. The van der Waals surface area contributed by atoms with Crippen LogP contribution in [0.5, 0.6) is 0 Å². The van der Waals surface area contributed by atoms with E-state index < -0.39 is 0 Å². The molecule has 124 valence electrons. The summed E-state index contributed by atoms with van der Waals surface area (Å²) in [6, 6.07) is 9.64. The highest BCUT2D eigenvalue weighted by Crippen LogP contribution is 2.58. The molecule has 23 heavy (non-hydrogen) atoms. The first kappa shape index (κ1) is 17.5. The highest BCUT2D eigenvalue weighted by atomic mass is 16.6. The Labute approximate surface area is 139 Å². The van der Waals surface area contributed by atoms with Gasteiger partial charge >= 0.3 is 0 Å². The fraction of sp³-hybridized carbons (Fsp3) is 0.500. The van der Waals surface area contributed by atoms with Gasteiger partial charge in [0.1, 0.15) is 0 Å². The molecule has 0 bridgehead atoms. The molecule has 0 heterocycles. The number of allylic oxidation sites excluding steroid dienone is 4. The normalized spacial score (nSPS) is 18.2. The average molecular weight is 313 g/mol. The summed E-state index contributed by atoms with van der Waals surface area (Å²) in [6.45, 7) is 13.0. The Morgan fingerprint density at radius 3 is 1.96 bits per heavy atom. The van der Waals surface area contributed by atoms with E-state index in [9.17, 15) is 10.1 Å². The second kappa shape index (κ2) is 5.63. The van der Waals surface area contributed by atoms with Gasteiger partial charge in [0.05, 0.1) is 10.5 Å². The molecule has 1 aliphatic carbocycles. The first-order chi connectivity index (χ1) is 10.5. The average Bonchev–Trinajstić information content (AvgIpc) is 2.45. The lowest BCUT2D eigenvalue weighted by atomic mass is 9.51.